The predicted octanol–water partition coefficient (Wildman–Crippen LogP) is 10.3. The van der Waals surface area contributed by atoms with Crippen LogP contribution in [0.3, 0.4) is 0 Å². The van der Waals surface area contributed by atoms with Gasteiger partial charge in [-0.05, 0) is 12.3 Å². The highest BCUT2D eigenvalue weighted by Crippen LogP contribution is 2.25. The van der Waals surface area contributed by atoms with E-state index in [1.165, 1.54) is 141 Å². The number of unbranched alkanes of at least 4 members (excludes halogenated alkanes) is 18. The molecule has 0 fully saturated rings. The van der Waals surface area contributed by atoms with Crippen molar-refractivity contribution in [3.63, 3.8) is 0 Å². The Morgan fingerprint density at radius 2 is 0.839 bits per heavy atom. The van der Waals surface area contributed by atoms with Gasteiger partial charge >= 0.3 is 5.97 Å². The van der Waals surface area contributed by atoms with Crippen LogP contribution in [-0.4, -0.2) is 11.1 Å². The van der Waals surface area contributed by atoms with Gasteiger partial charge in [0.2, 0.25) is 0 Å². The fourth-order valence-electron chi connectivity index (χ4n) is 4.82. The van der Waals surface area contributed by atoms with E-state index < -0.39 is 5.97 Å². The van der Waals surface area contributed by atoms with Gasteiger partial charge in [0.05, 0.1) is 5.92 Å². The molecular formula is C29H58O2. The molecular weight excluding hydrogens is 380 g/mol. The molecule has 0 saturated carbocycles. The van der Waals surface area contributed by atoms with Crippen LogP contribution in [0.4, 0.5) is 0 Å². The van der Waals surface area contributed by atoms with E-state index in [0.717, 1.165) is 6.42 Å². The first-order chi connectivity index (χ1) is 15.1. The maximum absolute atomic E-state index is 11.3. The minimum absolute atomic E-state index is 0.184. The first-order valence-electron chi connectivity index (χ1n) is 14.3. The van der Waals surface area contributed by atoms with Gasteiger partial charge in [0, 0.05) is 0 Å². The molecule has 186 valence electrons. The van der Waals surface area contributed by atoms with Crippen molar-refractivity contribution in [1.29, 1.82) is 0 Å². The summed E-state index contributed by atoms with van der Waals surface area (Å²) in [5, 5.41) is 9.32. The van der Waals surface area contributed by atoms with E-state index in [4.69, 9.17) is 0 Å². The van der Waals surface area contributed by atoms with Crippen molar-refractivity contribution in [2.45, 2.75) is 168 Å². The van der Waals surface area contributed by atoms with E-state index in [1.54, 1.807) is 0 Å². The van der Waals surface area contributed by atoms with Crippen LogP contribution in [0.15, 0.2) is 0 Å². The van der Waals surface area contributed by atoms with Crippen molar-refractivity contribution >= 4 is 5.97 Å². The molecule has 0 rings (SSSR count). The lowest BCUT2D eigenvalue weighted by Gasteiger charge is -2.19. The molecule has 0 aromatic heterocycles. The molecule has 0 aromatic carbocycles. The normalized spacial score (nSPS) is 13.4. The van der Waals surface area contributed by atoms with Crippen LogP contribution in [0.25, 0.3) is 0 Å². The third kappa shape index (κ3) is 22.5. The molecule has 0 aliphatic heterocycles. The Hall–Kier alpha value is -0.530. The van der Waals surface area contributed by atoms with Gasteiger partial charge in [-0.15, -0.1) is 0 Å². The zero-order valence-corrected chi connectivity index (χ0v) is 21.8. The molecule has 2 nitrogen and oxygen atoms in total. The van der Waals surface area contributed by atoms with Crippen molar-refractivity contribution in [3.05, 3.63) is 0 Å². The van der Waals surface area contributed by atoms with Crippen molar-refractivity contribution in [2.24, 2.45) is 11.8 Å². The standard InChI is InChI=1S/C29H58O2/c1-4-6-8-10-12-14-15-17-19-21-23-25-28(26-27(3)29(30)31)24-22-20-18-16-13-11-9-7-5-2/h27-28H,4-26H2,1-3H3,(H,30,31)/t27-,28+/m0/s1. The number of carboxylic acids is 1. The lowest BCUT2D eigenvalue weighted by atomic mass is 9.87. The van der Waals surface area contributed by atoms with Gasteiger partial charge in [0.15, 0.2) is 0 Å². The third-order valence-corrected chi connectivity index (χ3v) is 7.04. The molecule has 2 heteroatoms. The number of hydrogen-bond acceptors (Lipinski definition) is 1. The number of carbonyl (C=O) groups is 1. The van der Waals surface area contributed by atoms with Gasteiger partial charge in [-0.25, -0.2) is 0 Å². The minimum Gasteiger partial charge on any atom is -0.481 e. The Morgan fingerprint density at radius 1 is 0.548 bits per heavy atom. The van der Waals surface area contributed by atoms with Crippen LogP contribution < -0.4 is 0 Å². The summed E-state index contributed by atoms with van der Waals surface area (Å²) < 4.78 is 0. The molecule has 2 atom stereocenters. The highest BCUT2D eigenvalue weighted by Gasteiger charge is 2.17. The van der Waals surface area contributed by atoms with E-state index in [0.29, 0.717) is 5.92 Å². The number of rotatable bonds is 25. The third-order valence-electron chi connectivity index (χ3n) is 7.04. The second-order valence-electron chi connectivity index (χ2n) is 10.3. The maximum Gasteiger partial charge on any atom is 0.306 e. The van der Waals surface area contributed by atoms with Gasteiger partial charge < -0.3 is 5.11 Å². The zero-order chi connectivity index (χ0) is 23.0. The van der Waals surface area contributed by atoms with Gasteiger partial charge in [0.25, 0.3) is 0 Å². The Morgan fingerprint density at radius 3 is 1.13 bits per heavy atom. The lowest BCUT2D eigenvalue weighted by Crippen LogP contribution is -2.15. The number of aliphatic carboxylic acids is 1. The highest BCUT2D eigenvalue weighted by atomic mass is 16.4. The molecule has 0 unspecified atom stereocenters. The van der Waals surface area contributed by atoms with Crippen molar-refractivity contribution in [2.75, 3.05) is 0 Å². The summed E-state index contributed by atoms with van der Waals surface area (Å²) >= 11 is 0. The summed E-state index contributed by atoms with van der Waals surface area (Å²) in [5.74, 6) is -0.179. The summed E-state index contributed by atoms with van der Waals surface area (Å²) in [7, 11) is 0. The molecule has 0 radical (unpaired) electrons. The average molecular weight is 439 g/mol. The fraction of sp³-hybridized carbons (Fsp3) is 0.966. The van der Waals surface area contributed by atoms with Crippen LogP contribution in [0.5, 0.6) is 0 Å². The SMILES string of the molecule is CCCCCCCCCCCCC[C@@H](CCCCCCCCCCC)C[C@H](C)C(=O)O. The molecule has 0 spiro atoms. The smallest absolute Gasteiger partial charge is 0.306 e. The zero-order valence-electron chi connectivity index (χ0n) is 21.8. The van der Waals surface area contributed by atoms with Crippen LogP contribution in [0.1, 0.15) is 168 Å². The molecule has 0 aliphatic carbocycles. The molecule has 31 heavy (non-hydrogen) atoms. The molecule has 0 amide bonds. The fourth-order valence-corrected chi connectivity index (χ4v) is 4.82. The predicted molar refractivity (Wildman–Crippen MR) is 138 cm³/mol. The lowest BCUT2D eigenvalue weighted by molar-refractivity contribution is -0.141. The minimum atomic E-state index is -0.615. The average Bonchev–Trinajstić information content (AvgIpc) is 2.75. The summed E-state index contributed by atoms with van der Waals surface area (Å²) in [6.45, 7) is 6.45. The monoisotopic (exact) mass is 438 g/mol. The number of carboxylic acid groups (broad SMARTS) is 1. The van der Waals surface area contributed by atoms with E-state index in [9.17, 15) is 9.90 Å². The second-order valence-corrected chi connectivity index (χ2v) is 10.3. The topological polar surface area (TPSA) is 37.3 Å². The molecule has 0 bridgehead atoms. The van der Waals surface area contributed by atoms with Gasteiger partial charge in [-0.3, -0.25) is 4.79 Å². The van der Waals surface area contributed by atoms with Crippen LogP contribution >= 0.6 is 0 Å². The van der Waals surface area contributed by atoms with E-state index in [-0.39, 0.29) is 5.92 Å². The summed E-state index contributed by atoms with van der Waals surface area (Å²) in [6.07, 6.45) is 30.9. The molecule has 0 aliphatic rings. The van der Waals surface area contributed by atoms with Gasteiger partial charge in [0.1, 0.15) is 0 Å². The van der Waals surface area contributed by atoms with Crippen molar-refractivity contribution < 1.29 is 9.90 Å². The number of hydrogen-bond donors (Lipinski definition) is 1. The van der Waals surface area contributed by atoms with E-state index in [1.807, 2.05) is 6.92 Å². The van der Waals surface area contributed by atoms with Gasteiger partial charge in [-0.1, -0.05) is 162 Å². The Bertz CT molecular complexity index is 366. The Labute approximate surface area is 196 Å². The van der Waals surface area contributed by atoms with Gasteiger partial charge in [-0.2, -0.15) is 0 Å². The first-order valence-corrected chi connectivity index (χ1v) is 14.3. The quantitative estimate of drug-likeness (QED) is 0.144. The van der Waals surface area contributed by atoms with Crippen molar-refractivity contribution in [1.82, 2.24) is 0 Å². The van der Waals surface area contributed by atoms with Crippen molar-refractivity contribution in [3.8, 4) is 0 Å². The Kier molecular flexibility index (Phi) is 23.7. The maximum atomic E-state index is 11.3. The van der Waals surface area contributed by atoms with Crippen LogP contribution in [-0.2, 0) is 4.79 Å². The molecule has 0 saturated heterocycles. The Balaban J connectivity index is 3.79. The highest BCUT2D eigenvalue weighted by molar-refractivity contribution is 5.69. The largest absolute Gasteiger partial charge is 0.481 e. The first kappa shape index (κ1) is 30.5. The van der Waals surface area contributed by atoms with Crippen LogP contribution in [0, 0.1) is 11.8 Å². The van der Waals surface area contributed by atoms with E-state index in [2.05, 4.69) is 13.8 Å². The molecule has 0 heterocycles. The molecule has 0 aromatic rings. The summed E-state index contributed by atoms with van der Waals surface area (Å²) in [4.78, 5) is 11.3. The van der Waals surface area contributed by atoms with Crippen LogP contribution in [0.2, 0.25) is 0 Å². The molecule has 1 N–H and O–H groups in total. The summed E-state index contributed by atoms with van der Waals surface area (Å²) in [6, 6.07) is 0. The second kappa shape index (κ2) is 24.1. The van der Waals surface area contributed by atoms with E-state index >= 15 is 0 Å². The summed E-state index contributed by atoms with van der Waals surface area (Å²) in [5.41, 5.74) is 0.